The molecule has 4 N–H and O–H groups in total. The Morgan fingerprint density at radius 1 is 1.18 bits per heavy atom. The van der Waals surface area contributed by atoms with Crippen molar-refractivity contribution in [2.24, 2.45) is 0 Å². The van der Waals surface area contributed by atoms with E-state index in [1.54, 1.807) is 24.3 Å². The van der Waals surface area contributed by atoms with Gasteiger partial charge in [0.2, 0.25) is 0 Å². The molecule has 0 radical (unpaired) electrons. The van der Waals surface area contributed by atoms with Crippen LogP contribution in [0.25, 0.3) is 0 Å². The molecule has 0 atom stereocenters. The van der Waals surface area contributed by atoms with Gasteiger partial charge in [0.25, 0.3) is 0 Å². The van der Waals surface area contributed by atoms with E-state index < -0.39 is 12.1 Å². The van der Waals surface area contributed by atoms with Gasteiger partial charge in [-0.15, -0.1) is 0 Å². The molecule has 0 unspecified atom stereocenters. The van der Waals surface area contributed by atoms with Crippen molar-refractivity contribution in [3.05, 3.63) is 30.3 Å². The summed E-state index contributed by atoms with van der Waals surface area (Å²) < 4.78 is 4.87. The fourth-order valence-electron chi connectivity index (χ4n) is 0.720. The van der Waals surface area contributed by atoms with Crippen LogP contribution in [0.15, 0.2) is 30.3 Å². The van der Waals surface area contributed by atoms with Gasteiger partial charge in [0, 0.05) is 0 Å². The maximum absolute atomic E-state index is 10.0. The number of aliphatic hydroxyl groups is 3. The molecule has 1 aromatic carbocycles. The number of aliphatic carboxylic acids is 1. The predicted octanol–water partition coefficient (Wildman–Crippen LogP) is -0.518. The third kappa shape index (κ3) is 9.31. The van der Waals surface area contributed by atoms with Crippen molar-refractivity contribution < 1.29 is 30.0 Å². The van der Waals surface area contributed by atoms with Crippen LogP contribution < -0.4 is 4.74 Å². The largest absolute Gasteiger partial charge is 0.482 e. The molecular formula is C11H16O6. The molecule has 96 valence electrons. The molecule has 0 aliphatic heterocycles. The average Bonchev–Trinajstić information content (AvgIpc) is 2.37. The summed E-state index contributed by atoms with van der Waals surface area (Å²) >= 11 is 0. The molecule has 0 bridgehead atoms. The molecule has 0 spiro atoms. The normalized spacial score (nSPS) is 9.41. The second-order valence-electron chi connectivity index (χ2n) is 3.01. The van der Waals surface area contributed by atoms with Crippen molar-refractivity contribution in [2.45, 2.75) is 6.10 Å². The van der Waals surface area contributed by atoms with Crippen molar-refractivity contribution in [2.75, 3.05) is 19.8 Å². The molecule has 0 aromatic heterocycles. The highest BCUT2D eigenvalue weighted by atomic mass is 16.5. The van der Waals surface area contributed by atoms with E-state index in [9.17, 15) is 4.79 Å². The van der Waals surface area contributed by atoms with Crippen LogP contribution in [0, 0.1) is 0 Å². The number of ether oxygens (including phenoxy) is 1. The van der Waals surface area contributed by atoms with E-state index in [-0.39, 0.29) is 19.8 Å². The summed E-state index contributed by atoms with van der Waals surface area (Å²) in [6.07, 6.45) is -0.954. The summed E-state index contributed by atoms with van der Waals surface area (Å²) in [5.41, 5.74) is 0. The maximum atomic E-state index is 10.0. The predicted molar refractivity (Wildman–Crippen MR) is 59.8 cm³/mol. The minimum atomic E-state index is -0.964. The summed E-state index contributed by atoms with van der Waals surface area (Å²) in [5.74, 6) is -0.385. The summed E-state index contributed by atoms with van der Waals surface area (Å²) in [5, 5.41) is 32.3. The molecule has 0 saturated carbocycles. The molecule has 0 saturated heterocycles. The first-order valence-corrected chi connectivity index (χ1v) is 4.89. The van der Waals surface area contributed by atoms with Crippen molar-refractivity contribution in [3.8, 4) is 5.75 Å². The number of carboxylic acid groups (broad SMARTS) is 1. The molecule has 6 nitrogen and oxygen atoms in total. The second-order valence-corrected chi connectivity index (χ2v) is 3.01. The van der Waals surface area contributed by atoms with Crippen LogP contribution in [-0.2, 0) is 4.79 Å². The van der Waals surface area contributed by atoms with Crippen LogP contribution in [0.5, 0.6) is 5.75 Å². The molecule has 1 rings (SSSR count). The maximum Gasteiger partial charge on any atom is 0.341 e. The van der Waals surface area contributed by atoms with E-state index in [1.165, 1.54) is 0 Å². The fraction of sp³-hybridized carbons (Fsp3) is 0.364. The highest BCUT2D eigenvalue weighted by Crippen LogP contribution is 2.07. The van der Waals surface area contributed by atoms with Crippen LogP contribution in [0.2, 0.25) is 0 Å². The highest BCUT2D eigenvalue weighted by molar-refractivity contribution is 5.68. The van der Waals surface area contributed by atoms with Crippen molar-refractivity contribution in [1.82, 2.24) is 0 Å². The smallest absolute Gasteiger partial charge is 0.341 e. The Labute approximate surface area is 98.7 Å². The number of rotatable bonds is 5. The molecular weight excluding hydrogens is 228 g/mol. The summed E-state index contributed by atoms with van der Waals surface area (Å²) in [6, 6.07) is 8.84. The average molecular weight is 244 g/mol. The number of aliphatic hydroxyl groups excluding tert-OH is 3. The summed E-state index contributed by atoms with van der Waals surface area (Å²) in [6.45, 7) is -1.02. The van der Waals surface area contributed by atoms with Gasteiger partial charge in [0.1, 0.15) is 11.9 Å². The van der Waals surface area contributed by atoms with E-state index in [0.717, 1.165) is 0 Å². The van der Waals surface area contributed by atoms with E-state index in [1.807, 2.05) is 6.07 Å². The molecule has 0 amide bonds. The minimum Gasteiger partial charge on any atom is -0.482 e. The Kier molecular flexibility index (Phi) is 8.67. The zero-order valence-corrected chi connectivity index (χ0v) is 9.19. The molecule has 6 heteroatoms. The van der Waals surface area contributed by atoms with Crippen LogP contribution >= 0.6 is 0 Å². The van der Waals surface area contributed by atoms with Gasteiger partial charge >= 0.3 is 5.97 Å². The van der Waals surface area contributed by atoms with E-state index in [0.29, 0.717) is 5.75 Å². The monoisotopic (exact) mass is 244 g/mol. The van der Waals surface area contributed by atoms with Crippen LogP contribution in [0.4, 0.5) is 0 Å². The quantitative estimate of drug-likeness (QED) is 0.555. The van der Waals surface area contributed by atoms with E-state index in [2.05, 4.69) is 0 Å². The van der Waals surface area contributed by atoms with Gasteiger partial charge in [-0.05, 0) is 12.1 Å². The van der Waals surface area contributed by atoms with Crippen molar-refractivity contribution in [1.29, 1.82) is 0 Å². The van der Waals surface area contributed by atoms with Crippen LogP contribution in [0.3, 0.4) is 0 Å². The van der Waals surface area contributed by atoms with Crippen LogP contribution in [0.1, 0.15) is 0 Å². The Morgan fingerprint density at radius 2 is 1.71 bits per heavy atom. The number of hydrogen-bond acceptors (Lipinski definition) is 5. The number of carboxylic acids is 1. The molecule has 17 heavy (non-hydrogen) atoms. The lowest BCUT2D eigenvalue weighted by Gasteiger charge is -2.00. The van der Waals surface area contributed by atoms with E-state index in [4.69, 9.17) is 25.2 Å². The zero-order chi connectivity index (χ0) is 13.1. The first-order valence-electron chi connectivity index (χ1n) is 4.89. The molecule has 0 aliphatic carbocycles. The summed E-state index contributed by atoms with van der Waals surface area (Å²) in [4.78, 5) is 10.0. The standard InChI is InChI=1S/C8H8O3.C3H8O3/c9-8(10)6-11-7-4-2-1-3-5-7;4-1-3(6)2-5/h1-5H,6H2,(H,9,10);3-6H,1-2H2. The lowest BCUT2D eigenvalue weighted by molar-refractivity contribution is -0.139. The third-order valence-electron chi connectivity index (χ3n) is 1.53. The van der Waals surface area contributed by atoms with Gasteiger partial charge in [-0.1, -0.05) is 18.2 Å². The lowest BCUT2D eigenvalue weighted by Crippen LogP contribution is -2.15. The van der Waals surface area contributed by atoms with Gasteiger partial charge in [-0.2, -0.15) is 0 Å². The highest BCUT2D eigenvalue weighted by Gasteiger charge is 1.96. The molecule has 0 heterocycles. The van der Waals surface area contributed by atoms with Crippen molar-refractivity contribution >= 4 is 5.97 Å². The topological polar surface area (TPSA) is 107 Å². The fourth-order valence-corrected chi connectivity index (χ4v) is 0.720. The van der Waals surface area contributed by atoms with Crippen molar-refractivity contribution in [3.63, 3.8) is 0 Å². The number of para-hydroxylation sites is 1. The Balaban J connectivity index is 0.000000366. The SMILES string of the molecule is O=C(O)COc1ccccc1.OCC(O)CO. The molecule has 0 aliphatic rings. The lowest BCUT2D eigenvalue weighted by atomic mass is 10.3. The zero-order valence-electron chi connectivity index (χ0n) is 9.19. The van der Waals surface area contributed by atoms with Gasteiger partial charge < -0.3 is 25.2 Å². The first kappa shape index (κ1) is 15.4. The minimum absolute atomic E-state index is 0.288. The second kappa shape index (κ2) is 9.59. The Bertz CT molecular complexity index is 296. The van der Waals surface area contributed by atoms with Gasteiger partial charge in [-0.3, -0.25) is 0 Å². The Hall–Kier alpha value is -1.63. The number of carbonyl (C=O) groups is 1. The summed E-state index contributed by atoms with van der Waals surface area (Å²) in [7, 11) is 0. The van der Waals surface area contributed by atoms with E-state index >= 15 is 0 Å². The van der Waals surface area contributed by atoms with Gasteiger partial charge in [-0.25, -0.2) is 4.79 Å². The molecule has 1 aromatic rings. The molecule has 0 fully saturated rings. The first-order chi connectivity index (χ1) is 8.10. The van der Waals surface area contributed by atoms with Gasteiger partial charge in [0.15, 0.2) is 6.61 Å². The van der Waals surface area contributed by atoms with Gasteiger partial charge in [0.05, 0.1) is 13.2 Å². The number of hydrogen-bond donors (Lipinski definition) is 4. The third-order valence-corrected chi connectivity index (χ3v) is 1.53. The number of benzene rings is 1. The van der Waals surface area contributed by atoms with Crippen LogP contribution in [-0.4, -0.2) is 52.3 Å². The Morgan fingerprint density at radius 3 is 2.06 bits per heavy atom.